The minimum absolute atomic E-state index is 0.0210. The highest BCUT2D eigenvalue weighted by Crippen LogP contribution is 2.53. The topological polar surface area (TPSA) is 113 Å². The smallest absolute Gasteiger partial charge is 0.408 e. The van der Waals surface area contributed by atoms with E-state index in [1.807, 2.05) is 18.2 Å². The second kappa shape index (κ2) is 11.3. The Balaban J connectivity index is 1.49. The van der Waals surface area contributed by atoms with Crippen molar-refractivity contribution >= 4 is 18.0 Å². The second-order valence-electron chi connectivity index (χ2n) is 13.9. The lowest BCUT2D eigenvalue weighted by atomic mass is 9.70. The summed E-state index contributed by atoms with van der Waals surface area (Å²) < 4.78 is 29.4. The SMILES string of the molecule is COc1ccc2c(c1)OC(C)(C)[C@@H]1C[C@H]3CN(C(=O)[C@H](CC(=O)OC(C)(C)C)NC(=O)OC(C)(C)C)CC[C@H]3O[C@@H]21. The highest BCUT2D eigenvalue weighted by molar-refractivity contribution is 5.89. The molecule has 0 aliphatic carbocycles. The Kier molecular flexibility index (Phi) is 8.56. The van der Waals surface area contributed by atoms with E-state index >= 15 is 0 Å². The van der Waals surface area contributed by atoms with Crippen LogP contribution in [-0.4, -0.2) is 72.0 Å². The molecule has 1 aromatic carbocycles. The van der Waals surface area contributed by atoms with Gasteiger partial charge in [0.1, 0.15) is 34.3 Å². The molecule has 0 bridgehead atoms. The van der Waals surface area contributed by atoms with Gasteiger partial charge >= 0.3 is 12.1 Å². The van der Waals surface area contributed by atoms with E-state index < -0.39 is 34.9 Å². The Bertz CT molecular complexity index is 1120. The third-order valence-electron chi connectivity index (χ3n) is 7.79. The van der Waals surface area contributed by atoms with Crippen molar-refractivity contribution in [1.82, 2.24) is 10.2 Å². The van der Waals surface area contributed by atoms with Crippen LogP contribution in [0.3, 0.4) is 0 Å². The van der Waals surface area contributed by atoms with Crippen LogP contribution in [0.15, 0.2) is 18.2 Å². The number of alkyl carbamates (subject to hydrolysis) is 1. The largest absolute Gasteiger partial charge is 0.497 e. The molecule has 3 aliphatic rings. The molecule has 10 heteroatoms. The van der Waals surface area contributed by atoms with E-state index in [1.165, 1.54) is 0 Å². The summed E-state index contributed by atoms with van der Waals surface area (Å²) >= 11 is 0. The number of nitrogens with one attached hydrogen (secondary N) is 1. The van der Waals surface area contributed by atoms with Crippen molar-refractivity contribution in [3.8, 4) is 11.5 Å². The summed E-state index contributed by atoms with van der Waals surface area (Å²) in [6, 6.07) is 4.75. The summed E-state index contributed by atoms with van der Waals surface area (Å²) in [5, 5.41) is 2.62. The van der Waals surface area contributed by atoms with Crippen LogP contribution >= 0.6 is 0 Å². The van der Waals surface area contributed by atoms with E-state index in [2.05, 4.69) is 19.2 Å². The summed E-state index contributed by atoms with van der Waals surface area (Å²) in [5.74, 6) is 0.776. The predicted octanol–water partition coefficient (Wildman–Crippen LogP) is 4.79. The lowest BCUT2D eigenvalue weighted by molar-refractivity contribution is -0.189. The van der Waals surface area contributed by atoms with Crippen LogP contribution in [0.5, 0.6) is 11.5 Å². The number of nitrogens with zero attached hydrogens (tertiary/aromatic N) is 1. The first-order valence-electron chi connectivity index (χ1n) is 14.5. The Hall–Kier alpha value is -3.01. The maximum Gasteiger partial charge on any atom is 0.408 e. The van der Waals surface area contributed by atoms with E-state index in [4.69, 9.17) is 23.7 Å². The first kappa shape index (κ1) is 30.9. The second-order valence-corrected chi connectivity index (χ2v) is 13.9. The molecule has 1 aromatic rings. The van der Waals surface area contributed by atoms with Crippen LogP contribution in [0.4, 0.5) is 4.79 Å². The average molecular weight is 575 g/mol. The number of hydrogen-bond donors (Lipinski definition) is 1. The van der Waals surface area contributed by atoms with Gasteiger partial charge in [0.25, 0.3) is 0 Å². The summed E-state index contributed by atoms with van der Waals surface area (Å²) in [7, 11) is 1.64. The van der Waals surface area contributed by atoms with Gasteiger partial charge in [-0.3, -0.25) is 9.59 Å². The van der Waals surface area contributed by atoms with Crippen molar-refractivity contribution in [2.45, 2.75) is 110 Å². The van der Waals surface area contributed by atoms with Crippen LogP contribution in [0.1, 0.15) is 86.3 Å². The molecule has 10 nitrogen and oxygen atoms in total. The molecule has 0 radical (unpaired) electrons. The van der Waals surface area contributed by atoms with Crippen molar-refractivity contribution < 1.29 is 38.1 Å². The highest BCUT2D eigenvalue weighted by Gasteiger charge is 2.52. The predicted molar refractivity (Wildman–Crippen MR) is 152 cm³/mol. The van der Waals surface area contributed by atoms with Crippen molar-refractivity contribution in [2.24, 2.45) is 11.8 Å². The summed E-state index contributed by atoms with van der Waals surface area (Å²) in [5.41, 5.74) is -0.940. The molecular formula is C31H46N2O8. The average Bonchev–Trinajstić information content (AvgIpc) is 2.83. The molecule has 0 spiro atoms. The fourth-order valence-electron chi connectivity index (χ4n) is 6.03. The van der Waals surface area contributed by atoms with E-state index in [-0.39, 0.29) is 36.4 Å². The van der Waals surface area contributed by atoms with Gasteiger partial charge in [-0.2, -0.15) is 0 Å². The number of benzene rings is 1. The van der Waals surface area contributed by atoms with Gasteiger partial charge in [-0.1, -0.05) is 0 Å². The molecule has 228 valence electrons. The Morgan fingerprint density at radius 3 is 2.41 bits per heavy atom. The number of amides is 2. The maximum absolute atomic E-state index is 13.8. The van der Waals surface area contributed by atoms with E-state index in [0.717, 1.165) is 23.5 Å². The third-order valence-corrected chi connectivity index (χ3v) is 7.79. The van der Waals surface area contributed by atoms with Gasteiger partial charge in [-0.05, 0) is 80.4 Å². The minimum Gasteiger partial charge on any atom is -0.497 e. The quantitative estimate of drug-likeness (QED) is 0.500. The molecule has 3 aliphatic heterocycles. The lowest BCUT2D eigenvalue weighted by Crippen LogP contribution is -2.58. The zero-order valence-electron chi connectivity index (χ0n) is 25.9. The molecule has 3 heterocycles. The Morgan fingerprint density at radius 2 is 1.78 bits per heavy atom. The number of methoxy groups -OCH3 is 1. The number of ether oxygens (including phenoxy) is 5. The van der Waals surface area contributed by atoms with Crippen molar-refractivity contribution in [3.05, 3.63) is 23.8 Å². The molecule has 4 rings (SSSR count). The molecule has 5 atom stereocenters. The van der Waals surface area contributed by atoms with Gasteiger partial charge in [0.2, 0.25) is 5.91 Å². The highest BCUT2D eigenvalue weighted by atomic mass is 16.6. The normalized spacial score (nSPS) is 25.8. The molecule has 2 saturated heterocycles. The number of esters is 1. The van der Waals surface area contributed by atoms with Crippen molar-refractivity contribution in [1.29, 1.82) is 0 Å². The molecule has 0 aromatic heterocycles. The molecular weight excluding hydrogens is 528 g/mol. The van der Waals surface area contributed by atoms with Gasteiger partial charge < -0.3 is 33.9 Å². The minimum atomic E-state index is -1.11. The lowest BCUT2D eigenvalue weighted by Gasteiger charge is -2.53. The van der Waals surface area contributed by atoms with Crippen LogP contribution in [0, 0.1) is 11.8 Å². The van der Waals surface area contributed by atoms with Gasteiger partial charge in [0.15, 0.2) is 0 Å². The number of carbonyl (C=O) groups excluding carboxylic acids is 3. The van der Waals surface area contributed by atoms with E-state index in [1.54, 1.807) is 53.6 Å². The van der Waals surface area contributed by atoms with E-state index in [0.29, 0.717) is 19.5 Å². The molecule has 2 amide bonds. The van der Waals surface area contributed by atoms with Crippen LogP contribution < -0.4 is 14.8 Å². The number of carbonyl (C=O) groups is 3. The molecule has 2 fully saturated rings. The third kappa shape index (κ3) is 7.45. The van der Waals surface area contributed by atoms with E-state index in [9.17, 15) is 14.4 Å². The number of hydrogen-bond acceptors (Lipinski definition) is 8. The maximum atomic E-state index is 13.8. The zero-order valence-corrected chi connectivity index (χ0v) is 25.9. The van der Waals surface area contributed by atoms with Crippen LogP contribution in [-0.2, 0) is 23.8 Å². The fourth-order valence-corrected chi connectivity index (χ4v) is 6.03. The van der Waals surface area contributed by atoms with Crippen LogP contribution in [0.2, 0.25) is 0 Å². The number of likely N-dealkylation sites (tertiary alicyclic amines) is 1. The number of rotatable bonds is 5. The molecule has 0 saturated carbocycles. The van der Waals surface area contributed by atoms with Gasteiger partial charge in [-0.25, -0.2) is 4.79 Å². The fraction of sp³-hybridized carbons (Fsp3) is 0.710. The van der Waals surface area contributed by atoms with Crippen LogP contribution in [0.25, 0.3) is 0 Å². The standard InChI is InChI=1S/C31H46N2O8/c1-29(2,3)40-25(34)16-22(32-28(36)41-30(4,5)6)27(35)33-13-12-23-18(17-33)14-21-26(38-23)20-11-10-19(37-9)15-24(20)39-31(21,7)8/h10-11,15,18,21-23,26H,12-14,16-17H2,1-9H3,(H,32,36)/t18-,21+,22-,23+,26-/m0/s1. The molecule has 0 unspecified atom stereocenters. The van der Waals surface area contributed by atoms with Gasteiger partial charge in [0.05, 0.1) is 25.7 Å². The first-order chi connectivity index (χ1) is 19.0. The molecule has 41 heavy (non-hydrogen) atoms. The van der Waals surface area contributed by atoms with Gasteiger partial charge in [0, 0.05) is 36.6 Å². The number of fused-ring (bicyclic) bond motifs is 4. The van der Waals surface area contributed by atoms with Gasteiger partial charge in [-0.15, -0.1) is 0 Å². The summed E-state index contributed by atoms with van der Waals surface area (Å²) in [6.45, 7) is 15.6. The summed E-state index contributed by atoms with van der Waals surface area (Å²) in [4.78, 5) is 40.8. The number of piperidine rings is 1. The monoisotopic (exact) mass is 574 g/mol. The molecule has 1 N–H and O–H groups in total. The summed E-state index contributed by atoms with van der Waals surface area (Å²) in [6.07, 6.45) is 0.285. The van der Waals surface area contributed by atoms with Crippen molar-refractivity contribution in [3.63, 3.8) is 0 Å². The Morgan fingerprint density at radius 1 is 1.10 bits per heavy atom. The zero-order chi connectivity index (χ0) is 30.3. The Labute approximate surface area is 243 Å². The first-order valence-corrected chi connectivity index (χ1v) is 14.5. The van der Waals surface area contributed by atoms with Crippen molar-refractivity contribution in [2.75, 3.05) is 20.2 Å².